The van der Waals surface area contributed by atoms with Gasteiger partial charge < -0.3 is 15.0 Å². The maximum Gasteiger partial charge on any atom is 0.304 e. The molecule has 10 heavy (non-hydrogen) atoms. The van der Waals surface area contributed by atoms with E-state index in [0.29, 0.717) is 0 Å². The fourth-order valence-corrected chi connectivity index (χ4v) is 0.662. The van der Waals surface area contributed by atoms with E-state index in [-0.39, 0.29) is 18.8 Å². The molecule has 0 aromatic rings. The van der Waals surface area contributed by atoms with Crippen LogP contribution in [0.15, 0.2) is 0 Å². The third kappa shape index (κ3) is 7.54. The summed E-state index contributed by atoms with van der Waals surface area (Å²) in [4.78, 5) is 9.85. The number of carboxylic acid groups (broad SMARTS) is 1. The molecule has 0 aromatic carbocycles. The van der Waals surface area contributed by atoms with E-state index in [2.05, 4.69) is 5.32 Å². The van der Waals surface area contributed by atoms with E-state index < -0.39 is 17.0 Å². The van der Waals surface area contributed by atoms with Gasteiger partial charge in [0.2, 0.25) is 0 Å². The zero-order valence-electron chi connectivity index (χ0n) is 5.20. The number of hydrogen-bond acceptors (Lipinski definition) is 4. The summed E-state index contributed by atoms with van der Waals surface area (Å²) in [5, 5.41) is 10.5. The standard InChI is InChI=1S/C4H9NO4S/c6-4(7)1-2-5-3-10(8)9/h5H,1-3H2,(H,6,7)(H,8,9)/p-1. The first-order valence-corrected chi connectivity index (χ1v) is 3.85. The van der Waals surface area contributed by atoms with Gasteiger partial charge in [0.05, 0.1) is 12.3 Å². The summed E-state index contributed by atoms with van der Waals surface area (Å²) in [7, 11) is 0. The van der Waals surface area contributed by atoms with Crippen LogP contribution in [0, 0.1) is 0 Å². The first-order valence-electron chi connectivity index (χ1n) is 2.61. The molecule has 0 bridgehead atoms. The Morgan fingerprint density at radius 3 is 2.70 bits per heavy atom. The highest BCUT2D eigenvalue weighted by atomic mass is 32.2. The van der Waals surface area contributed by atoms with Crippen molar-refractivity contribution in [3.05, 3.63) is 0 Å². The molecule has 0 saturated heterocycles. The van der Waals surface area contributed by atoms with Gasteiger partial charge in [0, 0.05) is 6.54 Å². The lowest BCUT2D eigenvalue weighted by molar-refractivity contribution is -0.136. The molecule has 0 radical (unpaired) electrons. The topological polar surface area (TPSA) is 89.5 Å². The second-order valence-corrected chi connectivity index (χ2v) is 2.49. The van der Waals surface area contributed by atoms with Gasteiger partial charge in [0.1, 0.15) is 0 Å². The van der Waals surface area contributed by atoms with Crippen LogP contribution in [0.1, 0.15) is 6.42 Å². The van der Waals surface area contributed by atoms with Gasteiger partial charge in [0.25, 0.3) is 0 Å². The van der Waals surface area contributed by atoms with Crippen LogP contribution in [0.25, 0.3) is 0 Å². The third-order valence-electron chi connectivity index (χ3n) is 0.736. The Hall–Kier alpha value is -0.460. The molecule has 0 amide bonds. The number of aliphatic carboxylic acids is 1. The smallest absolute Gasteiger partial charge is 0.304 e. The Kier molecular flexibility index (Phi) is 5.09. The molecular weight excluding hydrogens is 158 g/mol. The minimum atomic E-state index is -2.13. The van der Waals surface area contributed by atoms with Crippen LogP contribution in [-0.4, -0.2) is 32.3 Å². The lowest BCUT2D eigenvalue weighted by Gasteiger charge is -2.04. The van der Waals surface area contributed by atoms with Crippen LogP contribution in [-0.2, 0) is 15.9 Å². The lowest BCUT2D eigenvalue weighted by Crippen LogP contribution is -2.21. The molecule has 60 valence electrons. The molecule has 5 nitrogen and oxygen atoms in total. The Bertz CT molecular complexity index is 121. The van der Waals surface area contributed by atoms with Gasteiger partial charge in [0.15, 0.2) is 0 Å². The van der Waals surface area contributed by atoms with Crippen LogP contribution in [0.2, 0.25) is 0 Å². The fraction of sp³-hybridized carbons (Fsp3) is 0.750. The minimum Gasteiger partial charge on any atom is -0.771 e. The van der Waals surface area contributed by atoms with Gasteiger partial charge in [-0.3, -0.25) is 9.00 Å². The van der Waals surface area contributed by atoms with Crippen LogP contribution >= 0.6 is 0 Å². The van der Waals surface area contributed by atoms with Crippen molar-refractivity contribution in [3.63, 3.8) is 0 Å². The van der Waals surface area contributed by atoms with E-state index in [0.717, 1.165) is 0 Å². The maximum absolute atomic E-state index is 9.85. The summed E-state index contributed by atoms with van der Waals surface area (Å²) in [6, 6.07) is 0. The predicted octanol–water partition coefficient (Wildman–Crippen LogP) is -1.11. The molecule has 0 aromatic heterocycles. The first-order chi connectivity index (χ1) is 4.63. The van der Waals surface area contributed by atoms with Gasteiger partial charge in [-0.1, -0.05) is 0 Å². The highest BCUT2D eigenvalue weighted by Crippen LogP contribution is 1.75. The molecule has 0 aliphatic heterocycles. The SMILES string of the molecule is O=C(O)CCNCS(=O)[O-]. The highest BCUT2D eigenvalue weighted by Gasteiger charge is 1.93. The molecular formula is C4H8NO4S-. The molecule has 6 heteroatoms. The quantitative estimate of drug-likeness (QED) is 0.399. The molecule has 0 rings (SSSR count). The van der Waals surface area contributed by atoms with Gasteiger partial charge in [-0.25, -0.2) is 0 Å². The van der Waals surface area contributed by atoms with Crippen molar-refractivity contribution in [2.24, 2.45) is 0 Å². The molecule has 2 N–H and O–H groups in total. The zero-order chi connectivity index (χ0) is 7.98. The van der Waals surface area contributed by atoms with Gasteiger partial charge >= 0.3 is 5.97 Å². The van der Waals surface area contributed by atoms with Crippen molar-refractivity contribution in [1.29, 1.82) is 0 Å². The second-order valence-electron chi connectivity index (χ2n) is 1.59. The van der Waals surface area contributed by atoms with E-state index in [9.17, 15) is 13.6 Å². The molecule has 0 fully saturated rings. The van der Waals surface area contributed by atoms with Gasteiger partial charge in [-0.15, -0.1) is 0 Å². The zero-order valence-corrected chi connectivity index (χ0v) is 6.02. The van der Waals surface area contributed by atoms with Gasteiger partial charge in [-0.2, -0.15) is 0 Å². The number of carboxylic acids is 1. The predicted molar refractivity (Wildman–Crippen MR) is 34.0 cm³/mol. The second kappa shape index (κ2) is 5.33. The molecule has 0 heterocycles. The van der Waals surface area contributed by atoms with Crippen LogP contribution in [0.3, 0.4) is 0 Å². The summed E-state index contributed by atoms with van der Waals surface area (Å²) in [6.45, 7) is 0.184. The van der Waals surface area contributed by atoms with Crippen LogP contribution in [0.4, 0.5) is 0 Å². The van der Waals surface area contributed by atoms with Crippen molar-refractivity contribution in [1.82, 2.24) is 5.32 Å². The van der Waals surface area contributed by atoms with E-state index >= 15 is 0 Å². The van der Waals surface area contributed by atoms with Crippen molar-refractivity contribution in [2.45, 2.75) is 6.42 Å². The number of rotatable bonds is 5. The summed E-state index contributed by atoms with van der Waals surface area (Å²) in [6.07, 6.45) is -0.0583. The first kappa shape index (κ1) is 9.54. The summed E-state index contributed by atoms with van der Waals surface area (Å²) in [5.74, 6) is -1.13. The average molecular weight is 166 g/mol. The Balaban J connectivity index is 3.06. The Morgan fingerprint density at radius 2 is 2.30 bits per heavy atom. The van der Waals surface area contributed by atoms with Crippen molar-refractivity contribution < 1.29 is 18.7 Å². The molecule has 0 saturated carbocycles. The average Bonchev–Trinajstić information content (AvgIpc) is 1.79. The fourth-order valence-electron chi connectivity index (χ4n) is 0.351. The molecule has 0 spiro atoms. The van der Waals surface area contributed by atoms with Crippen LogP contribution < -0.4 is 5.32 Å². The van der Waals surface area contributed by atoms with Gasteiger partial charge in [-0.05, 0) is 11.1 Å². The maximum atomic E-state index is 9.85. The molecule has 1 atom stereocenters. The molecule has 0 aliphatic rings. The lowest BCUT2D eigenvalue weighted by atomic mass is 10.4. The Morgan fingerprint density at radius 1 is 1.70 bits per heavy atom. The van der Waals surface area contributed by atoms with Crippen molar-refractivity contribution >= 4 is 17.0 Å². The monoisotopic (exact) mass is 166 g/mol. The van der Waals surface area contributed by atoms with Crippen molar-refractivity contribution in [3.8, 4) is 0 Å². The summed E-state index contributed by atoms with van der Waals surface area (Å²) in [5.41, 5.74) is 0. The van der Waals surface area contributed by atoms with Crippen molar-refractivity contribution in [2.75, 3.05) is 12.4 Å². The normalized spacial score (nSPS) is 12.9. The van der Waals surface area contributed by atoms with E-state index in [1.807, 2.05) is 0 Å². The molecule has 1 unspecified atom stereocenters. The largest absolute Gasteiger partial charge is 0.771 e. The minimum absolute atomic E-state index is 0.0583. The van der Waals surface area contributed by atoms with E-state index in [4.69, 9.17) is 5.11 Å². The third-order valence-corrected chi connectivity index (χ3v) is 1.18. The molecule has 0 aliphatic carbocycles. The number of carbonyl (C=O) groups is 1. The van der Waals surface area contributed by atoms with E-state index in [1.54, 1.807) is 0 Å². The van der Waals surface area contributed by atoms with E-state index in [1.165, 1.54) is 0 Å². The van der Waals surface area contributed by atoms with Crippen LogP contribution in [0.5, 0.6) is 0 Å². The number of nitrogens with one attached hydrogen (secondary N) is 1. The Labute approximate surface area is 60.7 Å². The highest BCUT2D eigenvalue weighted by molar-refractivity contribution is 7.79. The summed E-state index contributed by atoms with van der Waals surface area (Å²) < 4.78 is 19.7. The summed E-state index contributed by atoms with van der Waals surface area (Å²) >= 11 is -2.13. The number of hydrogen-bond donors (Lipinski definition) is 2.